The first-order valence-electron chi connectivity index (χ1n) is 6.45. The van der Waals surface area contributed by atoms with Crippen molar-refractivity contribution < 1.29 is 4.79 Å². The number of nitrogen functional groups attached to an aromatic ring is 1. The Morgan fingerprint density at radius 3 is 2.78 bits per heavy atom. The van der Waals surface area contributed by atoms with Crippen LogP contribution in [0.15, 0.2) is 22.7 Å². The number of hydrogen-bond donors (Lipinski definition) is 2. The molecule has 1 aliphatic carbocycles. The zero-order valence-electron chi connectivity index (χ0n) is 10.6. The van der Waals surface area contributed by atoms with Gasteiger partial charge in [-0.15, -0.1) is 0 Å². The first-order chi connectivity index (χ1) is 8.58. The van der Waals surface area contributed by atoms with Crippen LogP contribution in [-0.4, -0.2) is 11.9 Å². The van der Waals surface area contributed by atoms with E-state index in [2.05, 4.69) is 28.2 Å². The second-order valence-electron chi connectivity index (χ2n) is 5.03. The highest BCUT2D eigenvalue weighted by Crippen LogP contribution is 2.34. The van der Waals surface area contributed by atoms with E-state index < -0.39 is 0 Å². The number of carbonyl (C=O) groups is 1. The van der Waals surface area contributed by atoms with Crippen LogP contribution >= 0.6 is 15.9 Å². The van der Waals surface area contributed by atoms with Gasteiger partial charge in [-0.1, -0.05) is 35.7 Å². The van der Waals surface area contributed by atoms with Crippen LogP contribution in [0, 0.1) is 5.92 Å². The van der Waals surface area contributed by atoms with E-state index in [1.54, 1.807) is 18.2 Å². The number of nitrogens with two attached hydrogens (primary N) is 1. The lowest BCUT2D eigenvalue weighted by Gasteiger charge is -2.17. The molecule has 1 aromatic rings. The number of benzene rings is 1. The van der Waals surface area contributed by atoms with E-state index >= 15 is 0 Å². The Morgan fingerprint density at radius 1 is 1.50 bits per heavy atom. The van der Waals surface area contributed by atoms with E-state index in [0.717, 1.165) is 23.2 Å². The van der Waals surface area contributed by atoms with Crippen molar-refractivity contribution in [1.82, 2.24) is 5.32 Å². The van der Waals surface area contributed by atoms with Crippen molar-refractivity contribution in [2.45, 2.75) is 38.6 Å². The fourth-order valence-corrected chi connectivity index (χ4v) is 2.61. The van der Waals surface area contributed by atoms with E-state index in [0.29, 0.717) is 11.3 Å². The molecule has 3 nitrogen and oxygen atoms in total. The molecule has 1 aromatic carbocycles. The number of halogens is 1. The van der Waals surface area contributed by atoms with Gasteiger partial charge in [0.15, 0.2) is 0 Å². The smallest absolute Gasteiger partial charge is 0.251 e. The van der Waals surface area contributed by atoms with Gasteiger partial charge in [-0.3, -0.25) is 4.79 Å². The van der Waals surface area contributed by atoms with Crippen molar-refractivity contribution in [2.75, 3.05) is 5.73 Å². The quantitative estimate of drug-likeness (QED) is 0.820. The molecule has 0 spiro atoms. The summed E-state index contributed by atoms with van der Waals surface area (Å²) in [6.07, 6.45) is 4.71. The minimum absolute atomic E-state index is 0.0319. The summed E-state index contributed by atoms with van der Waals surface area (Å²) in [5.41, 5.74) is 6.96. The van der Waals surface area contributed by atoms with Gasteiger partial charge in [0.05, 0.1) is 0 Å². The van der Waals surface area contributed by atoms with Crippen molar-refractivity contribution in [3.8, 4) is 0 Å². The predicted molar refractivity (Wildman–Crippen MR) is 77.4 cm³/mol. The average Bonchev–Trinajstić information content (AvgIpc) is 3.10. The monoisotopic (exact) mass is 310 g/mol. The molecule has 98 valence electrons. The van der Waals surface area contributed by atoms with Crippen LogP contribution in [0.25, 0.3) is 0 Å². The lowest BCUT2D eigenvalue weighted by atomic mass is 10.1. The van der Waals surface area contributed by atoms with Crippen molar-refractivity contribution in [2.24, 2.45) is 5.92 Å². The lowest BCUT2D eigenvalue weighted by molar-refractivity contribution is 0.0932. The van der Waals surface area contributed by atoms with Gasteiger partial charge in [0.2, 0.25) is 0 Å². The molecule has 3 N–H and O–H groups in total. The summed E-state index contributed by atoms with van der Waals surface area (Å²) < 4.78 is 0.836. The Hall–Kier alpha value is -1.03. The van der Waals surface area contributed by atoms with E-state index in [9.17, 15) is 4.79 Å². The number of hydrogen-bond acceptors (Lipinski definition) is 2. The van der Waals surface area contributed by atoms with Gasteiger partial charge in [0.1, 0.15) is 0 Å². The highest BCUT2D eigenvalue weighted by molar-refractivity contribution is 9.10. The Bertz CT molecular complexity index is 423. The summed E-state index contributed by atoms with van der Waals surface area (Å²) in [5.74, 6) is 0.790. The second-order valence-corrected chi connectivity index (χ2v) is 5.95. The molecule has 0 aliphatic heterocycles. The molecule has 2 rings (SSSR count). The molecule has 4 heteroatoms. The molecule has 1 unspecified atom stereocenters. The molecule has 1 aliphatic rings. The topological polar surface area (TPSA) is 55.1 Å². The van der Waals surface area contributed by atoms with Gasteiger partial charge < -0.3 is 11.1 Å². The maximum absolute atomic E-state index is 12.1. The first kappa shape index (κ1) is 13.4. The molecule has 1 fully saturated rings. The molecule has 18 heavy (non-hydrogen) atoms. The van der Waals surface area contributed by atoms with Gasteiger partial charge in [0.25, 0.3) is 5.91 Å². The van der Waals surface area contributed by atoms with Crippen LogP contribution in [0.4, 0.5) is 5.69 Å². The summed E-state index contributed by atoms with van der Waals surface area (Å²) in [4.78, 5) is 12.1. The summed E-state index contributed by atoms with van der Waals surface area (Å²) in [6, 6.07) is 5.59. The minimum atomic E-state index is -0.0319. The number of carbonyl (C=O) groups excluding carboxylic acids is 1. The molecule has 0 radical (unpaired) electrons. The third-order valence-corrected chi connectivity index (χ3v) is 3.78. The fourth-order valence-electron chi connectivity index (χ4n) is 2.10. The Morgan fingerprint density at radius 2 is 2.22 bits per heavy atom. The fraction of sp³-hybridized carbons (Fsp3) is 0.500. The van der Waals surface area contributed by atoms with E-state index in [-0.39, 0.29) is 11.9 Å². The largest absolute Gasteiger partial charge is 0.399 e. The molecule has 1 amide bonds. The molecule has 0 saturated heterocycles. The van der Waals surface area contributed by atoms with Crippen LogP contribution in [0.2, 0.25) is 0 Å². The van der Waals surface area contributed by atoms with Crippen LogP contribution in [-0.2, 0) is 0 Å². The average molecular weight is 311 g/mol. The molecular formula is C14H19BrN2O. The number of rotatable bonds is 5. The van der Waals surface area contributed by atoms with Crippen LogP contribution < -0.4 is 11.1 Å². The lowest BCUT2D eigenvalue weighted by Crippen LogP contribution is -2.34. The summed E-state index contributed by atoms with van der Waals surface area (Å²) in [7, 11) is 0. The molecule has 0 aromatic heterocycles. The van der Waals surface area contributed by atoms with Gasteiger partial charge in [-0.05, 0) is 37.0 Å². The highest BCUT2D eigenvalue weighted by atomic mass is 79.9. The number of nitrogens with one attached hydrogen (secondary N) is 1. The highest BCUT2D eigenvalue weighted by Gasteiger charge is 2.25. The Balaban J connectivity index is 2.00. The third-order valence-electron chi connectivity index (χ3n) is 3.33. The van der Waals surface area contributed by atoms with Gasteiger partial charge in [0, 0.05) is 21.8 Å². The summed E-state index contributed by atoms with van der Waals surface area (Å²) in [6.45, 7) is 2.11. The van der Waals surface area contributed by atoms with Crippen molar-refractivity contribution in [3.63, 3.8) is 0 Å². The van der Waals surface area contributed by atoms with Gasteiger partial charge >= 0.3 is 0 Å². The van der Waals surface area contributed by atoms with Crippen LogP contribution in [0.1, 0.15) is 43.0 Å². The van der Waals surface area contributed by atoms with Crippen molar-refractivity contribution >= 4 is 27.5 Å². The zero-order valence-corrected chi connectivity index (χ0v) is 12.2. The van der Waals surface area contributed by atoms with Gasteiger partial charge in [-0.25, -0.2) is 0 Å². The zero-order chi connectivity index (χ0) is 13.1. The maximum atomic E-state index is 12.1. The van der Waals surface area contributed by atoms with Gasteiger partial charge in [-0.2, -0.15) is 0 Å². The maximum Gasteiger partial charge on any atom is 0.251 e. The Kier molecular flexibility index (Phi) is 4.27. The SMILES string of the molecule is CCC(CC1CC1)NC(=O)c1cc(N)cc(Br)c1. The summed E-state index contributed by atoms with van der Waals surface area (Å²) in [5, 5.41) is 3.09. The minimum Gasteiger partial charge on any atom is -0.399 e. The molecule has 1 atom stereocenters. The number of anilines is 1. The first-order valence-corrected chi connectivity index (χ1v) is 7.24. The Labute approximate surface area is 116 Å². The van der Waals surface area contributed by atoms with E-state index in [1.807, 2.05) is 0 Å². The van der Waals surface area contributed by atoms with Crippen LogP contribution in [0.5, 0.6) is 0 Å². The van der Waals surface area contributed by atoms with E-state index in [4.69, 9.17) is 5.73 Å². The normalized spacial score (nSPS) is 16.3. The van der Waals surface area contributed by atoms with Crippen molar-refractivity contribution in [1.29, 1.82) is 0 Å². The second kappa shape index (κ2) is 5.74. The number of amides is 1. The molecule has 0 bridgehead atoms. The molecule has 0 heterocycles. The summed E-state index contributed by atoms with van der Waals surface area (Å²) >= 11 is 3.35. The third kappa shape index (κ3) is 3.73. The molecular weight excluding hydrogens is 292 g/mol. The van der Waals surface area contributed by atoms with Crippen LogP contribution in [0.3, 0.4) is 0 Å². The molecule has 1 saturated carbocycles. The van der Waals surface area contributed by atoms with E-state index in [1.165, 1.54) is 12.8 Å². The standard InChI is InChI=1S/C14H19BrN2O/c1-2-13(5-9-3-4-9)17-14(18)10-6-11(15)8-12(16)7-10/h6-9,13H,2-5,16H2,1H3,(H,17,18). The predicted octanol–water partition coefficient (Wildman–Crippen LogP) is 3.34. The van der Waals surface area contributed by atoms with Crippen molar-refractivity contribution in [3.05, 3.63) is 28.2 Å².